The van der Waals surface area contributed by atoms with E-state index in [0.29, 0.717) is 12.0 Å². The molecule has 2 unspecified atom stereocenters. The van der Waals surface area contributed by atoms with Gasteiger partial charge in [0.25, 0.3) is 0 Å². The van der Waals surface area contributed by atoms with E-state index in [-0.39, 0.29) is 5.41 Å². The summed E-state index contributed by atoms with van der Waals surface area (Å²) in [4.78, 5) is 0. The molecule has 2 saturated heterocycles. The molecule has 2 atom stereocenters. The van der Waals surface area contributed by atoms with Crippen molar-refractivity contribution in [3.05, 3.63) is 35.9 Å². The largest absolute Gasteiger partial charge is 0.381 e. The SMILES string of the molecule is CNC(C1CCOC1)C1(c2ccccc2)CCOCC1. The molecule has 1 aromatic rings. The van der Waals surface area contributed by atoms with Gasteiger partial charge in [0.15, 0.2) is 0 Å². The minimum Gasteiger partial charge on any atom is -0.381 e. The predicted molar refractivity (Wildman–Crippen MR) is 79.9 cm³/mol. The smallest absolute Gasteiger partial charge is 0.0510 e. The first-order valence-corrected chi connectivity index (χ1v) is 7.75. The second-order valence-electron chi connectivity index (χ2n) is 6.02. The van der Waals surface area contributed by atoms with Crippen LogP contribution >= 0.6 is 0 Å². The molecule has 0 aliphatic carbocycles. The van der Waals surface area contributed by atoms with Crippen LogP contribution in [0, 0.1) is 5.92 Å². The Labute approximate surface area is 121 Å². The number of rotatable bonds is 4. The van der Waals surface area contributed by atoms with Gasteiger partial charge in [0.2, 0.25) is 0 Å². The summed E-state index contributed by atoms with van der Waals surface area (Å²) in [6.45, 7) is 3.52. The molecular formula is C17H25NO2. The molecule has 0 bridgehead atoms. The van der Waals surface area contributed by atoms with Gasteiger partial charge in [-0.15, -0.1) is 0 Å². The van der Waals surface area contributed by atoms with Crippen molar-refractivity contribution in [2.24, 2.45) is 5.92 Å². The lowest BCUT2D eigenvalue weighted by atomic mass is 9.65. The van der Waals surface area contributed by atoms with Crippen molar-refractivity contribution < 1.29 is 9.47 Å². The lowest BCUT2D eigenvalue weighted by molar-refractivity contribution is 0.0236. The van der Waals surface area contributed by atoms with Gasteiger partial charge < -0.3 is 14.8 Å². The minimum absolute atomic E-state index is 0.187. The summed E-state index contributed by atoms with van der Waals surface area (Å²) in [6.07, 6.45) is 3.36. The maximum atomic E-state index is 5.64. The summed E-state index contributed by atoms with van der Waals surface area (Å²) in [7, 11) is 2.10. The molecule has 2 aliphatic rings. The quantitative estimate of drug-likeness (QED) is 0.915. The molecule has 2 aliphatic heterocycles. The Kier molecular flexibility index (Phi) is 4.39. The van der Waals surface area contributed by atoms with Crippen molar-refractivity contribution >= 4 is 0 Å². The Morgan fingerprint density at radius 2 is 1.85 bits per heavy atom. The van der Waals surface area contributed by atoms with E-state index in [4.69, 9.17) is 9.47 Å². The van der Waals surface area contributed by atoms with Gasteiger partial charge in [-0.1, -0.05) is 30.3 Å². The van der Waals surface area contributed by atoms with Crippen LogP contribution in [-0.2, 0) is 14.9 Å². The number of ether oxygens (including phenoxy) is 2. The van der Waals surface area contributed by atoms with Crippen LogP contribution in [0.1, 0.15) is 24.8 Å². The first-order valence-electron chi connectivity index (χ1n) is 7.75. The molecule has 3 nitrogen and oxygen atoms in total. The van der Waals surface area contributed by atoms with E-state index in [2.05, 4.69) is 42.7 Å². The number of nitrogens with one attached hydrogen (secondary N) is 1. The summed E-state index contributed by atoms with van der Waals surface area (Å²) < 4.78 is 11.3. The van der Waals surface area contributed by atoms with Crippen LogP contribution in [0.2, 0.25) is 0 Å². The molecule has 2 heterocycles. The Morgan fingerprint density at radius 1 is 1.10 bits per heavy atom. The fourth-order valence-electron chi connectivity index (χ4n) is 4.06. The molecule has 3 heteroatoms. The van der Waals surface area contributed by atoms with Crippen molar-refractivity contribution in [2.75, 3.05) is 33.5 Å². The second-order valence-corrected chi connectivity index (χ2v) is 6.02. The Morgan fingerprint density at radius 3 is 2.45 bits per heavy atom. The first kappa shape index (κ1) is 14.1. The second kappa shape index (κ2) is 6.25. The molecular weight excluding hydrogens is 250 g/mol. The molecule has 0 radical (unpaired) electrons. The molecule has 0 saturated carbocycles. The van der Waals surface area contributed by atoms with Crippen molar-refractivity contribution in [3.63, 3.8) is 0 Å². The zero-order valence-corrected chi connectivity index (χ0v) is 12.3. The van der Waals surface area contributed by atoms with Gasteiger partial charge in [-0.3, -0.25) is 0 Å². The fraction of sp³-hybridized carbons (Fsp3) is 0.647. The summed E-state index contributed by atoms with van der Waals surface area (Å²) in [5.41, 5.74) is 1.64. The van der Waals surface area contributed by atoms with Gasteiger partial charge in [0, 0.05) is 37.2 Å². The van der Waals surface area contributed by atoms with E-state index < -0.39 is 0 Å². The highest BCUT2D eigenvalue weighted by molar-refractivity contribution is 5.29. The number of likely N-dealkylation sites (N-methyl/N-ethyl adjacent to an activating group) is 1. The maximum Gasteiger partial charge on any atom is 0.0510 e. The molecule has 110 valence electrons. The number of hydrogen-bond donors (Lipinski definition) is 1. The van der Waals surface area contributed by atoms with E-state index >= 15 is 0 Å². The van der Waals surface area contributed by atoms with Gasteiger partial charge >= 0.3 is 0 Å². The highest BCUT2D eigenvalue weighted by Gasteiger charge is 2.45. The molecule has 1 aromatic carbocycles. The standard InChI is InChI=1S/C17H25NO2/c1-18-16(14-7-10-20-13-14)17(8-11-19-12-9-17)15-5-3-2-4-6-15/h2-6,14,16,18H,7-13H2,1H3. The van der Waals surface area contributed by atoms with Gasteiger partial charge in [0.1, 0.15) is 0 Å². The molecule has 20 heavy (non-hydrogen) atoms. The van der Waals surface area contributed by atoms with Crippen LogP contribution < -0.4 is 5.32 Å². The summed E-state index contributed by atoms with van der Waals surface area (Å²) in [5, 5.41) is 3.62. The molecule has 0 aromatic heterocycles. The van der Waals surface area contributed by atoms with E-state index in [0.717, 1.165) is 39.3 Å². The van der Waals surface area contributed by atoms with Crippen LogP contribution in [0.15, 0.2) is 30.3 Å². The average molecular weight is 275 g/mol. The van der Waals surface area contributed by atoms with Crippen molar-refractivity contribution in [2.45, 2.75) is 30.7 Å². The van der Waals surface area contributed by atoms with Gasteiger partial charge in [-0.05, 0) is 31.9 Å². The molecule has 1 N–H and O–H groups in total. The Bertz CT molecular complexity index is 408. The van der Waals surface area contributed by atoms with Crippen molar-refractivity contribution in [3.8, 4) is 0 Å². The van der Waals surface area contributed by atoms with Gasteiger partial charge in [0.05, 0.1) is 6.61 Å². The number of hydrogen-bond acceptors (Lipinski definition) is 3. The number of benzene rings is 1. The zero-order valence-electron chi connectivity index (χ0n) is 12.3. The fourth-order valence-corrected chi connectivity index (χ4v) is 4.06. The average Bonchev–Trinajstić information content (AvgIpc) is 3.04. The van der Waals surface area contributed by atoms with Crippen molar-refractivity contribution in [1.82, 2.24) is 5.32 Å². The Hall–Kier alpha value is -0.900. The third-order valence-corrected chi connectivity index (χ3v) is 5.08. The first-order chi connectivity index (χ1) is 9.87. The molecule has 0 spiro atoms. The van der Waals surface area contributed by atoms with Crippen LogP contribution in [0.4, 0.5) is 0 Å². The highest BCUT2D eigenvalue weighted by Crippen LogP contribution is 2.42. The topological polar surface area (TPSA) is 30.5 Å². The third-order valence-electron chi connectivity index (χ3n) is 5.08. The van der Waals surface area contributed by atoms with E-state index in [9.17, 15) is 0 Å². The van der Waals surface area contributed by atoms with Crippen LogP contribution in [0.3, 0.4) is 0 Å². The van der Waals surface area contributed by atoms with Crippen molar-refractivity contribution in [1.29, 1.82) is 0 Å². The Balaban J connectivity index is 1.95. The minimum atomic E-state index is 0.187. The summed E-state index contributed by atoms with van der Waals surface area (Å²) in [6, 6.07) is 11.5. The third kappa shape index (κ3) is 2.50. The molecule has 3 rings (SSSR count). The van der Waals surface area contributed by atoms with Crippen LogP contribution in [0.25, 0.3) is 0 Å². The maximum absolute atomic E-state index is 5.64. The van der Waals surface area contributed by atoms with Gasteiger partial charge in [-0.2, -0.15) is 0 Å². The summed E-state index contributed by atoms with van der Waals surface area (Å²) in [5.74, 6) is 0.610. The van der Waals surface area contributed by atoms with E-state index in [1.165, 1.54) is 12.0 Å². The predicted octanol–water partition coefficient (Wildman–Crippen LogP) is 2.36. The van der Waals surface area contributed by atoms with E-state index in [1.807, 2.05) is 0 Å². The summed E-state index contributed by atoms with van der Waals surface area (Å²) >= 11 is 0. The zero-order chi connectivity index (χ0) is 13.8. The highest BCUT2D eigenvalue weighted by atomic mass is 16.5. The van der Waals surface area contributed by atoms with Gasteiger partial charge in [-0.25, -0.2) is 0 Å². The van der Waals surface area contributed by atoms with E-state index in [1.54, 1.807) is 0 Å². The lowest BCUT2D eigenvalue weighted by Crippen LogP contribution is -2.54. The molecule has 2 fully saturated rings. The van der Waals surface area contributed by atoms with Crippen LogP contribution in [0.5, 0.6) is 0 Å². The van der Waals surface area contributed by atoms with Crippen LogP contribution in [-0.4, -0.2) is 39.5 Å². The lowest BCUT2D eigenvalue weighted by Gasteiger charge is -2.46. The monoisotopic (exact) mass is 275 g/mol. The molecule has 0 amide bonds. The normalized spacial score (nSPS) is 27.4.